The number of hydrogen-bond donors (Lipinski definition) is 2. The molecule has 1 saturated heterocycles. The van der Waals surface area contributed by atoms with Crippen LogP contribution in [-0.2, 0) is 21.4 Å². The number of benzene rings is 2. The van der Waals surface area contributed by atoms with Crippen LogP contribution < -0.4 is 11.1 Å². The Labute approximate surface area is 204 Å². The summed E-state index contributed by atoms with van der Waals surface area (Å²) >= 11 is 0. The highest BCUT2D eigenvalue weighted by Gasteiger charge is 2.27. The highest BCUT2D eigenvalue weighted by Crippen LogP contribution is 2.24. The fourth-order valence-corrected chi connectivity index (χ4v) is 5.38. The minimum absolute atomic E-state index is 0.0204. The standard InChI is InChI=1S/C24H28N6O4S/c1-16-10-11-18(35(32,33)30-12-6-3-7-13-30)14-19(16)22(31)34-15-21-27-23(25)29-24(28-21)26-20-9-5-4-8-17(20)2/h4-5,8-11,14H,3,6-7,12-13,15H2,1-2H3,(H3,25,26,27,28,29). The first-order valence-corrected chi connectivity index (χ1v) is 12.8. The summed E-state index contributed by atoms with van der Waals surface area (Å²) < 4.78 is 32.9. The quantitative estimate of drug-likeness (QED) is 0.471. The van der Waals surface area contributed by atoms with Crippen molar-refractivity contribution in [1.29, 1.82) is 0 Å². The first-order chi connectivity index (χ1) is 16.7. The number of nitrogens with two attached hydrogens (primary N) is 1. The van der Waals surface area contributed by atoms with Crippen LogP contribution in [0.3, 0.4) is 0 Å². The van der Waals surface area contributed by atoms with Gasteiger partial charge in [-0.2, -0.15) is 19.3 Å². The van der Waals surface area contributed by atoms with Gasteiger partial charge in [0, 0.05) is 18.8 Å². The molecule has 3 N–H and O–H groups in total. The van der Waals surface area contributed by atoms with Crippen molar-refractivity contribution < 1.29 is 17.9 Å². The summed E-state index contributed by atoms with van der Waals surface area (Å²) in [6.07, 6.45) is 2.67. The van der Waals surface area contributed by atoms with E-state index in [1.54, 1.807) is 13.0 Å². The first-order valence-electron chi connectivity index (χ1n) is 11.3. The average molecular weight is 497 g/mol. The van der Waals surface area contributed by atoms with Crippen molar-refractivity contribution in [3.05, 3.63) is 65.0 Å². The summed E-state index contributed by atoms with van der Waals surface area (Å²) in [4.78, 5) is 25.3. The Hall–Kier alpha value is -3.57. The van der Waals surface area contributed by atoms with Crippen LogP contribution in [0.1, 0.15) is 46.6 Å². The number of sulfonamides is 1. The number of carbonyl (C=O) groups is 1. The fraction of sp³-hybridized carbons (Fsp3) is 0.333. The van der Waals surface area contributed by atoms with Crippen molar-refractivity contribution in [1.82, 2.24) is 19.3 Å². The van der Waals surface area contributed by atoms with Crippen LogP contribution in [0.25, 0.3) is 0 Å². The van der Waals surface area contributed by atoms with Gasteiger partial charge in [0.2, 0.25) is 21.9 Å². The topological polar surface area (TPSA) is 140 Å². The number of nitrogen functional groups attached to an aromatic ring is 1. The predicted molar refractivity (Wildman–Crippen MR) is 132 cm³/mol. The van der Waals surface area contributed by atoms with Crippen molar-refractivity contribution in [3.63, 3.8) is 0 Å². The lowest BCUT2D eigenvalue weighted by Crippen LogP contribution is -2.35. The van der Waals surface area contributed by atoms with E-state index in [2.05, 4.69) is 20.3 Å². The van der Waals surface area contributed by atoms with Crippen molar-refractivity contribution in [2.24, 2.45) is 0 Å². The van der Waals surface area contributed by atoms with Gasteiger partial charge < -0.3 is 15.8 Å². The van der Waals surface area contributed by atoms with E-state index < -0.39 is 16.0 Å². The minimum Gasteiger partial charge on any atom is -0.454 e. The molecular weight excluding hydrogens is 468 g/mol. The lowest BCUT2D eigenvalue weighted by atomic mass is 10.1. The highest BCUT2D eigenvalue weighted by atomic mass is 32.2. The molecule has 0 atom stereocenters. The first kappa shape index (κ1) is 24.6. The molecule has 11 heteroatoms. The van der Waals surface area contributed by atoms with E-state index in [1.165, 1.54) is 16.4 Å². The zero-order valence-electron chi connectivity index (χ0n) is 19.7. The molecule has 0 aliphatic carbocycles. The van der Waals surface area contributed by atoms with Crippen LogP contribution in [-0.4, -0.2) is 46.7 Å². The normalized spacial score (nSPS) is 14.5. The molecule has 0 amide bonds. The molecule has 1 aliphatic rings. The second-order valence-corrected chi connectivity index (χ2v) is 10.3. The van der Waals surface area contributed by atoms with Gasteiger partial charge in [-0.15, -0.1) is 0 Å². The minimum atomic E-state index is -3.68. The molecule has 35 heavy (non-hydrogen) atoms. The summed E-state index contributed by atoms with van der Waals surface area (Å²) in [6.45, 7) is 4.37. The van der Waals surface area contributed by atoms with E-state index >= 15 is 0 Å². The van der Waals surface area contributed by atoms with Gasteiger partial charge in [0.25, 0.3) is 0 Å². The number of nitrogens with one attached hydrogen (secondary N) is 1. The Morgan fingerprint density at radius 2 is 1.77 bits per heavy atom. The number of ether oxygens (including phenoxy) is 1. The molecule has 2 heterocycles. The SMILES string of the molecule is Cc1ccccc1Nc1nc(N)nc(COC(=O)c2cc(S(=O)(=O)N3CCCCC3)ccc2C)n1. The molecule has 0 spiro atoms. The molecule has 1 aromatic heterocycles. The molecule has 3 aromatic rings. The maximum atomic E-state index is 13.0. The van der Waals surface area contributed by atoms with Gasteiger partial charge in [0.05, 0.1) is 10.5 Å². The Kier molecular flexibility index (Phi) is 7.27. The largest absolute Gasteiger partial charge is 0.454 e. The number of hydrogen-bond acceptors (Lipinski definition) is 9. The van der Waals surface area contributed by atoms with Gasteiger partial charge in [-0.05, 0) is 56.0 Å². The Bertz CT molecular complexity index is 1340. The Morgan fingerprint density at radius 3 is 2.51 bits per heavy atom. The van der Waals surface area contributed by atoms with Crippen LogP contribution >= 0.6 is 0 Å². The number of aryl methyl sites for hydroxylation is 2. The third-order valence-corrected chi connectivity index (χ3v) is 7.70. The highest BCUT2D eigenvalue weighted by molar-refractivity contribution is 7.89. The third-order valence-electron chi connectivity index (χ3n) is 5.80. The van der Waals surface area contributed by atoms with Crippen LogP contribution in [0.5, 0.6) is 0 Å². The lowest BCUT2D eigenvalue weighted by molar-refractivity contribution is 0.0461. The van der Waals surface area contributed by atoms with E-state index in [1.807, 2.05) is 31.2 Å². The monoisotopic (exact) mass is 496 g/mol. The van der Waals surface area contributed by atoms with Gasteiger partial charge >= 0.3 is 5.97 Å². The molecule has 184 valence electrons. The summed E-state index contributed by atoms with van der Waals surface area (Å²) in [6, 6.07) is 12.1. The molecule has 10 nitrogen and oxygen atoms in total. The maximum Gasteiger partial charge on any atom is 0.338 e. The number of nitrogens with zero attached hydrogens (tertiary/aromatic N) is 4. The van der Waals surface area contributed by atoms with E-state index in [-0.39, 0.29) is 34.8 Å². The number of aromatic nitrogens is 3. The Morgan fingerprint density at radius 1 is 1.03 bits per heavy atom. The second-order valence-electron chi connectivity index (χ2n) is 8.39. The molecule has 1 aliphatic heterocycles. The van der Waals surface area contributed by atoms with Gasteiger partial charge in [0.1, 0.15) is 0 Å². The van der Waals surface area contributed by atoms with Gasteiger partial charge in [0.15, 0.2) is 12.4 Å². The van der Waals surface area contributed by atoms with Crippen LogP contribution in [0, 0.1) is 13.8 Å². The van der Waals surface area contributed by atoms with Gasteiger partial charge in [-0.25, -0.2) is 13.2 Å². The molecule has 0 bridgehead atoms. The Balaban J connectivity index is 1.49. The number of para-hydroxylation sites is 1. The molecule has 0 radical (unpaired) electrons. The fourth-order valence-electron chi connectivity index (χ4n) is 3.84. The zero-order valence-corrected chi connectivity index (χ0v) is 20.5. The number of esters is 1. The predicted octanol–water partition coefficient (Wildman–Crippen LogP) is 3.35. The van der Waals surface area contributed by atoms with E-state index in [9.17, 15) is 13.2 Å². The average Bonchev–Trinajstić information content (AvgIpc) is 2.84. The molecular formula is C24H28N6O4S. The van der Waals surface area contributed by atoms with Crippen LogP contribution in [0.2, 0.25) is 0 Å². The third kappa shape index (κ3) is 5.75. The summed E-state index contributed by atoms with van der Waals surface area (Å²) in [5.74, 6) is -0.307. The molecule has 0 saturated carbocycles. The second kappa shape index (κ2) is 10.4. The van der Waals surface area contributed by atoms with Crippen molar-refractivity contribution in [3.8, 4) is 0 Å². The number of anilines is 3. The maximum absolute atomic E-state index is 13.0. The molecule has 1 fully saturated rings. The summed E-state index contributed by atoms with van der Waals surface area (Å²) in [7, 11) is -3.68. The summed E-state index contributed by atoms with van der Waals surface area (Å²) in [5, 5.41) is 3.08. The lowest BCUT2D eigenvalue weighted by Gasteiger charge is -2.26. The number of rotatable bonds is 7. The van der Waals surface area contributed by atoms with Crippen molar-refractivity contribution in [2.75, 3.05) is 24.1 Å². The van der Waals surface area contributed by atoms with Gasteiger partial charge in [-0.1, -0.05) is 30.7 Å². The molecule has 2 aromatic carbocycles. The van der Waals surface area contributed by atoms with Crippen molar-refractivity contribution in [2.45, 2.75) is 44.6 Å². The van der Waals surface area contributed by atoms with Crippen LogP contribution in [0.15, 0.2) is 47.4 Å². The zero-order chi connectivity index (χ0) is 25.0. The van der Waals surface area contributed by atoms with Crippen molar-refractivity contribution >= 4 is 33.6 Å². The number of piperidine rings is 1. The van der Waals surface area contributed by atoms with Crippen LogP contribution in [0.4, 0.5) is 17.6 Å². The summed E-state index contributed by atoms with van der Waals surface area (Å²) in [5.41, 5.74) is 8.39. The number of carbonyl (C=O) groups excluding carboxylic acids is 1. The van der Waals surface area contributed by atoms with E-state index in [4.69, 9.17) is 10.5 Å². The molecule has 0 unspecified atom stereocenters. The van der Waals surface area contributed by atoms with E-state index in [0.29, 0.717) is 18.7 Å². The van der Waals surface area contributed by atoms with E-state index in [0.717, 1.165) is 30.5 Å². The smallest absolute Gasteiger partial charge is 0.338 e. The van der Waals surface area contributed by atoms with Gasteiger partial charge in [-0.3, -0.25) is 0 Å². The molecule has 4 rings (SSSR count).